The predicted molar refractivity (Wildman–Crippen MR) is 142 cm³/mol. The SMILES string of the molecule is C=CC(C=O)N1CCC[C@@H](Nc2nc(Nc3cccc(NC(=O)N4CCCC4)c3)nc3[nH]ccc23)C1. The number of likely N-dealkylation sites (tertiary alicyclic amines) is 2. The Morgan fingerprint density at radius 2 is 1.97 bits per heavy atom. The van der Waals surface area contributed by atoms with Gasteiger partial charge >= 0.3 is 6.03 Å². The Labute approximate surface area is 210 Å². The van der Waals surface area contributed by atoms with Crippen LogP contribution >= 0.6 is 0 Å². The van der Waals surface area contributed by atoms with E-state index in [1.807, 2.05) is 41.4 Å². The number of aromatic amines is 1. The van der Waals surface area contributed by atoms with E-state index in [0.717, 1.165) is 80.7 Å². The number of aldehydes is 1. The van der Waals surface area contributed by atoms with Crippen LogP contribution in [0.4, 0.5) is 27.9 Å². The molecule has 188 valence electrons. The van der Waals surface area contributed by atoms with Crippen LogP contribution in [0.1, 0.15) is 25.7 Å². The maximum atomic E-state index is 12.5. The molecule has 2 fully saturated rings. The number of nitrogens with zero attached hydrogens (tertiary/aromatic N) is 4. The molecule has 36 heavy (non-hydrogen) atoms. The third kappa shape index (κ3) is 5.33. The predicted octanol–water partition coefficient (Wildman–Crippen LogP) is 3.96. The molecular weight excluding hydrogens is 456 g/mol. The van der Waals surface area contributed by atoms with Gasteiger partial charge in [-0.15, -0.1) is 6.58 Å². The van der Waals surface area contributed by atoms with Crippen molar-refractivity contribution in [3.63, 3.8) is 0 Å². The van der Waals surface area contributed by atoms with Gasteiger partial charge in [0.2, 0.25) is 5.95 Å². The number of nitrogens with one attached hydrogen (secondary N) is 4. The van der Waals surface area contributed by atoms with Crippen molar-refractivity contribution in [2.45, 2.75) is 37.8 Å². The number of carbonyl (C=O) groups excluding carboxylic acids is 2. The molecule has 4 heterocycles. The number of rotatable bonds is 8. The van der Waals surface area contributed by atoms with E-state index in [1.54, 1.807) is 6.08 Å². The Morgan fingerprint density at radius 3 is 2.78 bits per heavy atom. The molecule has 1 unspecified atom stereocenters. The first-order valence-corrected chi connectivity index (χ1v) is 12.5. The molecule has 2 amide bonds. The molecule has 0 saturated carbocycles. The van der Waals surface area contributed by atoms with Gasteiger partial charge in [-0.2, -0.15) is 9.97 Å². The molecule has 3 aromatic rings. The van der Waals surface area contributed by atoms with Crippen LogP contribution in [-0.4, -0.2) is 75.3 Å². The number of hydrogen-bond acceptors (Lipinski definition) is 7. The molecule has 1 aromatic carbocycles. The number of amides is 2. The van der Waals surface area contributed by atoms with Crippen LogP contribution in [0.2, 0.25) is 0 Å². The van der Waals surface area contributed by atoms with Crippen molar-refractivity contribution in [3.05, 3.63) is 49.2 Å². The first-order valence-electron chi connectivity index (χ1n) is 12.5. The summed E-state index contributed by atoms with van der Waals surface area (Å²) in [5.74, 6) is 1.18. The van der Waals surface area contributed by atoms with Crippen molar-refractivity contribution < 1.29 is 9.59 Å². The number of aromatic nitrogens is 3. The molecule has 2 atom stereocenters. The first kappa shape index (κ1) is 23.8. The molecule has 10 heteroatoms. The molecule has 5 rings (SSSR count). The van der Waals surface area contributed by atoms with Crippen LogP contribution in [0.25, 0.3) is 11.0 Å². The lowest BCUT2D eigenvalue weighted by Gasteiger charge is -2.35. The Hall–Kier alpha value is -3.92. The van der Waals surface area contributed by atoms with Crippen molar-refractivity contribution >= 4 is 46.5 Å². The second-order valence-corrected chi connectivity index (χ2v) is 9.31. The van der Waals surface area contributed by atoms with E-state index >= 15 is 0 Å². The smallest absolute Gasteiger partial charge is 0.321 e. The fourth-order valence-corrected chi connectivity index (χ4v) is 4.91. The minimum atomic E-state index is -0.275. The summed E-state index contributed by atoms with van der Waals surface area (Å²) in [6.45, 7) is 6.98. The summed E-state index contributed by atoms with van der Waals surface area (Å²) >= 11 is 0. The molecule has 2 aliphatic heterocycles. The molecule has 0 bridgehead atoms. The number of hydrogen-bond donors (Lipinski definition) is 4. The Morgan fingerprint density at radius 1 is 1.14 bits per heavy atom. The molecule has 0 aliphatic carbocycles. The van der Waals surface area contributed by atoms with Gasteiger partial charge in [0.25, 0.3) is 0 Å². The third-order valence-corrected chi connectivity index (χ3v) is 6.78. The fraction of sp³-hybridized carbons (Fsp3) is 0.385. The maximum absolute atomic E-state index is 12.5. The van der Waals surface area contributed by atoms with E-state index in [-0.39, 0.29) is 18.1 Å². The standard InChI is InChI=1S/C26H32N8O2/c1-2-21(17-35)34-14-6-9-20(16-34)28-24-22-10-11-27-23(22)31-25(32-24)29-18-7-5-8-19(15-18)30-26(36)33-12-3-4-13-33/h2,5,7-8,10-11,15,17,20-21H,1,3-4,6,9,12-14,16H2,(H,30,36)(H3,27,28,29,31,32)/t20-,21?/m1/s1. The number of urea groups is 1. The molecule has 4 N–H and O–H groups in total. The van der Waals surface area contributed by atoms with E-state index in [4.69, 9.17) is 4.98 Å². The number of fused-ring (bicyclic) bond motifs is 1. The van der Waals surface area contributed by atoms with Crippen molar-refractivity contribution in [2.75, 3.05) is 42.1 Å². The van der Waals surface area contributed by atoms with Gasteiger partial charge in [0, 0.05) is 43.2 Å². The van der Waals surface area contributed by atoms with Crippen molar-refractivity contribution in [1.29, 1.82) is 0 Å². The Balaban J connectivity index is 1.31. The van der Waals surface area contributed by atoms with E-state index in [1.165, 1.54) is 0 Å². The summed E-state index contributed by atoms with van der Waals surface area (Å²) in [6.07, 6.45) is 8.54. The second kappa shape index (κ2) is 10.8. The number of benzene rings is 1. The minimum Gasteiger partial charge on any atom is -0.365 e. The summed E-state index contributed by atoms with van der Waals surface area (Å²) in [6, 6.07) is 9.28. The normalized spacial score (nSPS) is 19.1. The molecule has 10 nitrogen and oxygen atoms in total. The van der Waals surface area contributed by atoms with Gasteiger partial charge in [-0.25, -0.2) is 4.79 Å². The molecule has 0 spiro atoms. The lowest BCUT2D eigenvalue weighted by atomic mass is 10.0. The van der Waals surface area contributed by atoms with Gasteiger partial charge in [-0.3, -0.25) is 4.90 Å². The van der Waals surface area contributed by atoms with Crippen LogP contribution in [0.3, 0.4) is 0 Å². The average molecular weight is 489 g/mol. The van der Waals surface area contributed by atoms with Gasteiger partial charge < -0.3 is 30.6 Å². The highest BCUT2D eigenvalue weighted by Crippen LogP contribution is 2.26. The number of piperidine rings is 1. The quantitative estimate of drug-likeness (QED) is 0.280. The lowest BCUT2D eigenvalue weighted by molar-refractivity contribution is -0.111. The van der Waals surface area contributed by atoms with Crippen LogP contribution < -0.4 is 16.0 Å². The number of carbonyl (C=O) groups is 2. The third-order valence-electron chi connectivity index (χ3n) is 6.78. The minimum absolute atomic E-state index is 0.0741. The van der Waals surface area contributed by atoms with Gasteiger partial charge in [0.05, 0.1) is 11.4 Å². The van der Waals surface area contributed by atoms with E-state index in [2.05, 4.69) is 37.4 Å². The van der Waals surface area contributed by atoms with Crippen LogP contribution in [0.15, 0.2) is 49.2 Å². The van der Waals surface area contributed by atoms with Crippen LogP contribution in [0, 0.1) is 0 Å². The molecule has 2 aromatic heterocycles. The largest absolute Gasteiger partial charge is 0.365 e. The zero-order valence-corrected chi connectivity index (χ0v) is 20.2. The molecule has 2 saturated heterocycles. The summed E-state index contributed by atoms with van der Waals surface area (Å²) in [7, 11) is 0. The highest BCUT2D eigenvalue weighted by atomic mass is 16.2. The topological polar surface area (TPSA) is 118 Å². The Bertz CT molecular complexity index is 1230. The van der Waals surface area contributed by atoms with Crippen molar-refractivity contribution in [3.8, 4) is 0 Å². The molecule has 2 aliphatic rings. The molecular formula is C26H32N8O2. The second-order valence-electron chi connectivity index (χ2n) is 9.31. The van der Waals surface area contributed by atoms with Gasteiger partial charge in [0.1, 0.15) is 17.8 Å². The summed E-state index contributed by atoms with van der Waals surface area (Å²) in [4.78, 5) is 40.4. The summed E-state index contributed by atoms with van der Waals surface area (Å²) in [5, 5.41) is 10.7. The number of anilines is 4. The van der Waals surface area contributed by atoms with E-state index in [0.29, 0.717) is 11.6 Å². The van der Waals surface area contributed by atoms with Crippen molar-refractivity contribution in [2.24, 2.45) is 0 Å². The average Bonchev–Trinajstić information content (AvgIpc) is 3.58. The maximum Gasteiger partial charge on any atom is 0.321 e. The van der Waals surface area contributed by atoms with Crippen LogP contribution in [-0.2, 0) is 4.79 Å². The number of H-pyrrole nitrogens is 1. The first-order chi connectivity index (χ1) is 17.6. The van der Waals surface area contributed by atoms with Gasteiger partial charge in [-0.05, 0) is 56.5 Å². The van der Waals surface area contributed by atoms with Crippen LogP contribution in [0.5, 0.6) is 0 Å². The monoisotopic (exact) mass is 488 g/mol. The van der Waals surface area contributed by atoms with Gasteiger partial charge in [-0.1, -0.05) is 12.1 Å². The molecule has 0 radical (unpaired) electrons. The van der Waals surface area contributed by atoms with Crippen molar-refractivity contribution in [1.82, 2.24) is 24.8 Å². The lowest BCUT2D eigenvalue weighted by Crippen LogP contribution is -2.47. The van der Waals surface area contributed by atoms with E-state index in [9.17, 15) is 9.59 Å². The highest BCUT2D eigenvalue weighted by molar-refractivity contribution is 5.90. The summed E-state index contributed by atoms with van der Waals surface area (Å²) in [5.41, 5.74) is 2.21. The fourth-order valence-electron chi connectivity index (χ4n) is 4.91. The zero-order chi connectivity index (χ0) is 24.9. The highest BCUT2D eigenvalue weighted by Gasteiger charge is 2.25. The zero-order valence-electron chi connectivity index (χ0n) is 20.2. The Kier molecular flexibility index (Phi) is 7.13. The summed E-state index contributed by atoms with van der Waals surface area (Å²) < 4.78 is 0. The van der Waals surface area contributed by atoms with E-state index < -0.39 is 0 Å². The van der Waals surface area contributed by atoms with Gasteiger partial charge in [0.15, 0.2) is 0 Å².